The van der Waals surface area contributed by atoms with E-state index in [1.807, 2.05) is 0 Å². The van der Waals surface area contributed by atoms with E-state index in [-0.39, 0.29) is 18.0 Å². The van der Waals surface area contributed by atoms with Gasteiger partial charge < -0.3 is 15.7 Å². The molecule has 2 amide bonds. The second-order valence-corrected chi connectivity index (χ2v) is 8.14. The lowest BCUT2D eigenvalue weighted by molar-refractivity contribution is -0.137. The molecule has 0 aromatic heterocycles. The van der Waals surface area contributed by atoms with Crippen molar-refractivity contribution in [1.29, 1.82) is 0 Å². The van der Waals surface area contributed by atoms with Crippen LogP contribution in [0.25, 0.3) is 0 Å². The van der Waals surface area contributed by atoms with Gasteiger partial charge in [0.05, 0.1) is 0 Å². The molecule has 0 aromatic rings. The molecule has 0 unspecified atom stereocenters. The summed E-state index contributed by atoms with van der Waals surface area (Å²) in [4.78, 5) is 22.6. The Labute approximate surface area is 138 Å². The van der Waals surface area contributed by atoms with Gasteiger partial charge in [0.1, 0.15) is 0 Å². The summed E-state index contributed by atoms with van der Waals surface area (Å²) < 4.78 is 0. The molecule has 4 bridgehead atoms. The van der Waals surface area contributed by atoms with Crippen LogP contribution in [0.4, 0.5) is 4.79 Å². The monoisotopic (exact) mass is 322 g/mol. The summed E-state index contributed by atoms with van der Waals surface area (Å²) >= 11 is 0. The number of carbonyl (C=O) groups excluding carboxylic acids is 1. The predicted octanol–water partition coefficient (Wildman–Crippen LogP) is 3.29. The third-order valence-electron chi connectivity index (χ3n) is 6.02. The second kappa shape index (κ2) is 7.10. The summed E-state index contributed by atoms with van der Waals surface area (Å²) in [6.07, 6.45) is 11.5. The molecule has 0 radical (unpaired) electrons. The molecule has 4 saturated carbocycles. The van der Waals surface area contributed by atoms with E-state index in [0.717, 1.165) is 43.4 Å². The van der Waals surface area contributed by atoms with Crippen molar-refractivity contribution in [2.75, 3.05) is 6.54 Å². The highest BCUT2D eigenvalue weighted by atomic mass is 16.4. The van der Waals surface area contributed by atoms with Crippen molar-refractivity contribution in [1.82, 2.24) is 10.6 Å². The van der Waals surface area contributed by atoms with E-state index in [2.05, 4.69) is 10.6 Å². The Morgan fingerprint density at radius 1 is 0.913 bits per heavy atom. The number of rotatable bonds is 8. The first kappa shape index (κ1) is 16.6. The second-order valence-electron chi connectivity index (χ2n) is 8.14. The molecule has 5 heteroatoms. The van der Waals surface area contributed by atoms with Crippen LogP contribution in [0, 0.1) is 17.8 Å². The molecule has 0 atom stereocenters. The van der Waals surface area contributed by atoms with Gasteiger partial charge in [-0.15, -0.1) is 0 Å². The first-order valence-corrected chi connectivity index (χ1v) is 9.32. The number of hydrogen-bond donors (Lipinski definition) is 3. The fourth-order valence-electron chi connectivity index (χ4n) is 5.51. The molecule has 4 fully saturated rings. The Balaban J connectivity index is 1.32. The fraction of sp³-hybridized carbons (Fsp3) is 0.889. The van der Waals surface area contributed by atoms with Crippen molar-refractivity contribution in [3.63, 3.8) is 0 Å². The summed E-state index contributed by atoms with van der Waals surface area (Å²) in [6.45, 7) is 0.686. The lowest BCUT2D eigenvalue weighted by atomic mass is 9.53. The molecular formula is C18H30N2O3. The minimum absolute atomic E-state index is 0.00233. The number of hydrogen-bond acceptors (Lipinski definition) is 2. The molecule has 0 saturated heterocycles. The zero-order valence-corrected chi connectivity index (χ0v) is 14.0. The van der Waals surface area contributed by atoms with Gasteiger partial charge in [-0.1, -0.05) is 12.8 Å². The lowest BCUT2D eigenvalue weighted by Crippen LogP contribution is -2.61. The number of carbonyl (C=O) groups is 2. The highest BCUT2D eigenvalue weighted by Gasteiger charge is 2.51. The number of carboxylic acids is 1. The minimum atomic E-state index is -0.724. The quantitative estimate of drug-likeness (QED) is 0.600. The number of nitrogens with one attached hydrogen (secondary N) is 2. The van der Waals surface area contributed by atoms with Gasteiger partial charge in [-0.2, -0.15) is 0 Å². The summed E-state index contributed by atoms with van der Waals surface area (Å²) in [5.74, 6) is 1.81. The van der Waals surface area contributed by atoms with Crippen LogP contribution in [0.15, 0.2) is 0 Å². The summed E-state index contributed by atoms with van der Waals surface area (Å²) in [7, 11) is 0. The van der Waals surface area contributed by atoms with Crippen molar-refractivity contribution >= 4 is 12.0 Å². The third kappa shape index (κ3) is 4.39. The molecule has 4 rings (SSSR count). The summed E-state index contributed by atoms with van der Waals surface area (Å²) in [6, 6.07) is -0.00233. The zero-order valence-electron chi connectivity index (χ0n) is 14.0. The van der Waals surface area contributed by atoms with Gasteiger partial charge in [0.15, 0.2) is 0 Å². The van der Waals surface area contributed by atoms with Crippen LogP contribution in [-0.4, -0.2) is 29.2 Å². The largest absolute Gasteiger partial charge is 0.481 e. The van der Waals surface area contributed by atoms with Crippen LogP contribution in [0.5, 0.6) is 0 Å². The van der Waals surface area contributed by atoms with Crippen molar-refractivity contribution in [2.45, 2.75) is 76.2 Å². The molecule has 0 aromatic carbocycles. The van der Waals surface area contributed by atoms with Gasteiger partial charge in [0.25, 0.3) is 0 Å². The molecule has 23 heavy (non-hydrogen) atoms. The number of carboxylic acid groups (broad SMARTS) is 1. The average molecular weight is 322 g/mol. The molecule has 0 spiro atoms. The Morgan fingerprint density at radius 2 is 1.48 bits per heavy atom. The molecule has 5 nitrogen and oxygen atoms in total. The molecule has 130 valence electrons. The molecule has 4 aliphatic rings. The maximum atomic E-state index is 12.2. The molecular weight excluding hydrogens is 292 g/mol. The van der Waals surface area contributed by atoms with Crippen LogP contribution in [0.2, 0.25) is 0 Å². The highest BCUT2D eigenvalue weighted by Crippen LogP contribution is 2.55. The van der Waals surface area contributed by atoms with E-state index in [9.17, 15) is 9.59 Å². The van der Waals surface area contributed by atoms with Crippen molar-refractivity contribution in [3.05, 3.63) is 0 Å². The topological polar surface area (TPSA) is 78.4 Å². The van der Waals surface area contributed by atoms with Crippen LogP contribution in [0.3, 0.4) is 0 Å². The lowest BCUT2D eigenvalue weighted by Gasteiger charge is -2.56. The van der Waals surface area contributed by atoms with E-state index >= 15 is 0 Å². The smallest absolute Gasteiger partial charge is 0.315 e. The van der Waals surface area contributed by atoms with Gasteiger partial charge in [-0.3, -0.25) is 4.79 Å². The number of urea groups is 1. The standard InChI is InChI=1S/C18H30N2O3/c21-16(22)5-3-1-2-4-6-19-17(23)20-18-10-13-7-14(11-18)9-15(8-13)12-18/h13-15H,1-12H2,(H,21,22)(H2,19,20,23). The molecule has 4 aliphatic carbocycles. The Hall–Kier alpha value is -1.26. The normalized spacial score (nSPS) is 34.3. The molecule has 0 aliphatic heterocycles. The van der Waals surface area contributed by atoms with E-state index < -0.39 is 5.97 Å². The SMILES string of the molecule is O=C(O)CCCCCCNC(=O)NC12CC3CC(CC(C3)C1)C2. The van der Waals surface area contributed by atoms with Crippen LogP contribution < -0.4 is 10.6 Å². The fourth-order valence-corrected chi connectivity index (χ4v) is 5.51. The first-order chi connectivity index (χ1) is 11.0. The minimum Gasteiger partial charge on any atom is -0.481 e. The summed E-state index contributed by atoms with van der Waals surface area (Å²) in [5, 5.41) is 14.9. The van der Waals surface area contributed by atoms with E-state index in [1.165, 1.54) is 38.5 Å². The van der Waals surface area contributed by atoms with E-state index in [0.29, 0.717) is 6.54 Å². The van der Waals surface area contributed by atoms with Gasteiger partial charge >= 0.3 is 12.0 Å². The maximum Gasteiger partial charge on any atom is 0.315 e. The van der Waals surface area contributed by atoms with Gasteiger partial charge in [0.2, 0.25) is 0 Å². The first-order valence-electron chi connectivity index (χ1n) is 9.32. The highest BCUT2D eigenvalue weighted by molar-refractivity contribution is 5.74. The summed E-state index contributed by atoms with van der Waals surface area (Å²) in [5.41, 5.74) is 0.0837. The van der Waals surface area contributed by atoms with E-state index in [1.54, 1.807) is 0 Å². The maximum absolute atomic E-state index is 12.2. The van der Waals surface area contributed by atoms with Gasteiger partial charge in [-0.05, 0) is 69.1 Å². The third-order valence-corrected chi connectivity index (χ3v) is 6.02. The van der Waals surface area contributed by atoms with Crippen LogP contribution in [-0.2, 0) is 4.79 Å². The predicted molar refractivity (Wildman–Crippen MR) is 88.2 cm³/mol. The molecule has 3 N–H and O–H groups in total. The van der Waals surface area contributed by atoms with Crippen molar-refractivity contribution in [3.8, 4) is 0 Å². The van der Waals surface area contributed by atoms with Gasteiger partial charge in [0, 0.05) is 18.5 Å². The Morgan fingerprint density at radius 3 is 2.04 bits per heavy atom. The molecule has 0 heterocycles. The number of amides is 2. The van der Waals surface area contributed by atoms with E-state index in [4.69, 9.17) is 5.11 Å². The Kier molecular flexibility index (Phi) is 5.12. The number of aliphatic carboxylic acids is 1. The number of unbranched alkanes of at least 4 members (excludes halogenated alkanes) is 3. The van der Waals surface area contributed by atoms with Gasteiger partial charge in [-0.25, -0.2) is 4.79 Å². The van der Waals surface area contributed by atoms with Crippen molar-refractivity contribution < 1.29 is 14.7 Å². The van der Waals surface area contributed by atoms with Crippen LogP contribution >= 0.6 is 0 Å². The van der Waals surface area contributed by atoms with Crippen LogP contribution in [0.1, 0.15) is 70.6 Å². The van der Waals surface area contributed by atoms with Crippen molar-refractivity contribution in [2.24, 2.45) is 17.8 Å². The average Bonchev–Trinajstić information content (AvgIpc) is 2.43. The Bertz CT molecular complexity index is 414. The zero-order chi connectivity index (χ0) is 16.3.